The Morgan fingerprint density at radius 2 is 1.86 bits per heavy atom. The summed E-state index contributed by atoms with van der Waals surface area (Å²) in [4.78, 5) is 41.8. The number of hydrogen-bond acceptors (Lipinski definition) is 7. The predicted octanol–water partition coefficient (Wildman–Crippen LogP) is 1.77. The highest BCUT2D eigenvalue weighted by atomic mass is 16.5. The van der Waals surface area contributed by atoms with Crippen molar-refractivity contribution in [2.45, 2.75) is 27.2 Å². The number of aliphatic imine (C=N–C) groups is 1. The molecule has 0 unspecified atom stereocenters. The molecule has 0 saturated heterocycles. The number of carboxylic acid groups (broad SMARTS) is 1. The van der Waals surface area contributed by atoms with Gasteiger partial charge in [-0.1, -0.05) is 12.7 Å². The highest BCUT2D eigenvalue weighted by Gasteiger charge is 1.98. The Morgan fingerprint density at radius 3 is 2.14 bits per heavy atom. The van der Waals surface area contributed by atoms with Crippen molar-refractivity contribution >= 4 is 24.1 Å². The summed E-state index contributed by atoms with van der Waals surface area (Å²) in [6, 6.07) is 0. The molecule has 2 N–H and O–H groups in total. The molecule has 0 aromatic rings. The number of carboxylic acids is 1. The molecular weight excluding hydrogens is 292 g/mol. The molecule has 0 aromatic carbocycles. The molecule has 0 heterocycles. The van der Waals surface area contributed by atoms with E-state index in [1.54, 1.807) is 13.8 Å². The van der Waals surface area contributed by atoms with Gasteiger partial charge in [0.25, 0.3) is 0 Å². The fourth-order valence-electron chi connectivity index (χ4n) is 0.733. The molecule has 0 rings (SSSR count). The standard InChI is InChI=1S/C7H9NO3.C6H10O2.CHNO/c1-6(7(10)11)3-2-4-8-5-9;1-4-8-6(7)5(2)3;2-1-3/h3H,2,4H2,1H3,(H,10,11);2,4H2,1,3H3;2H. The quantitative estimate of drug-likeness (QED) is 0.252. The van der Waals surface area contributed by atoms with Crippen molar-refractivity contribution in [1.29, 1.82) is 5.41 Å². The van der Waals surface area contributed by atoms with Crippen molar-refractivity contribution in [2.75, 3.05) is 13.2 Å². The van der Waals surface area contributed by atoms with Gasteiger partial charge in [-0.2, -0.15) is 0 Å². The monoisotopic (exact) mass is 312 g/mol. The second-order valence-corrected chi connectivity index (χ2v) is 3.56. The lowest BCUT2D eigenvalue weighted by Gasteiger charge is -1.96. The molecule has 0 amide bonds. The van der Waals surface area contributed by atoms with Crippen LogP contribution in [0.4, 0.5) is 0 Å². The average molecular weight is 312 g/mol. The van der Waals surface area contributed by atoms with Crippen LogP contribution in [0.2, 0.25) is 0 Å². The second kappa shape index (κ2) is 18.2. The topological polar surface area (TPSA) is 134 Å². The Labute approximate surface area is 128 Å². The maximum absolute atomic E-state index is 10.4. The van der Waals surface area contributed by atoms with Crippen molar-refractivity contribution in [1.82, 2.24) is 0 Å². The Balaban J connectivity index is -0.000000288. The van der Waals surface area contributed by atoms with Crippen LogP contribution in [0.5, 0.6) is 0 Å². The minimum absolute atomic E-state index is 0.270. The normalized spacial score (nSPS) is 8.59. The largest absolute Gasteiger partial charge is 0.478 e. The van der Waals surface area contributed by atoms with E-state index in [0.29, 0.717) is 25.1 Å². The van der Waals surface area contributed by atoms with Crippen molar-refractivity contribution in [3.63, 3.8) is 0 Å². The second-order valence-electron chi connectivity index (χ2n) is 3.56. The number of aliphatic carboxylic acids is 1. The first-order chi connectivity index (χ1) is 10.3. The van der Waals surface area contributed by atoms with E-state index < -0.39 is 5.97 Å². The van der Waals surface area contributed by atoms with Gasteiger partial charge in [-0.25, -0.2) is 29.6 Å². The molecule has 8 nitrogen and oxygen atoms in total. The van der Waals surface area contributed by atoms with E-state index in [1.807, 2.05) is 0 Å². The van der Waals surface area contributed by atoms with Gasteiger partial charge in [0.05, 0.1) is 13.2 Å². The molecule has 0 spiro atoms. The molecule has 8 heteroatoms. The zero-order chi connectivity index (χ0) is 18.0. The van der Waals surface area contributed by atoms with Crippen molar-refractivity contribution in [3.8, 4) is 0 Å². The summed E-state index contributed by atoms with van der Waals surface area (Å²) in [5.41, 5.74) is 0.720. The number of hydrogen-bond donors (Lipinski definition) is 2. The summed E-state index contributed by atoms with van der Waals surface area (Å²) >= 11 is 0. The van der Waals surface area contributed by atoms with Crippen LogP contribution >= 0.6 is 0 Å². The number of isocyanates is 2. The highest BCUT2D eigenvalue weighted by molar-refractivity contribution is 5.86. The smallest absolute Gasteiger partial charge is 0.333 e. The van der Waals surface area contributed by atoms with Crippen LogP contribution in [0, 0.1) is 5.41 Å². The summed E-state index contributed by atoms with van der Waals surface area (Å²) in [5.74, 6) is -1.26. The zero-order valence-corrected chi connectivity index (χ0v) is 12.8. The number of esters is 1. The van der Waals surface area contributed by atoms with E-state index in [1.165, 1.54) is 19.1 Å². The molecule has 0 atom stereocenters. The maximum atomic E-state index is 10.4. The van der Waals surface area contributed by atoms with Gasteiger partial charge in [0.15, 0.2) is 0 Å². The van der Waals surface area contributed by atoms with Gasteiger partial charge in [-0.3, -0.25) is 0 Å². The number of rotatable bonds is 6. The molecule has 0 aliphatic rings. The first-order valence-electron chi connectivity index (χ1n) is 6.08. The Bertz CT molecular complexity index is 470. The van der Waals surface area contributed by atoms with Crippen LogP contribution in [0.1, 0.15) is 27.2 Å². The number of nitrogens with one attached hydrogen (secondary N) is 1. The van der Waals surface area contributed by atoms with Crippen LogP contribution < -0.4 is 0 Å². The zero-order valence-electron chi connectivity index (χ0n) is 12.8. The summed E-state index contributed by atoms with van der Waals surface area (Å²) in [6.45, 7) is 9.00. The molecular formula is C14H20N2O6. The molecule has 22 heavy (non-hydrogen) atoms. The molecule has 0 radical (unpaired) electrons. The van der Waals surface area contributed by atoms with Gasteiger partial charge in [-0.15, -0.1) is 0 Å². The fourth-order valence-corrected chi connectivity index (χ4v) is 0.733. The maximum Gasteiger partial charge on any atom is 0.333 e. The predicted molar refractivity (Wildman–Crippen MR) is 78.9 cm³/mol. The average Bonchev–Trinajstić information content (AvgIpc) is 2.45. The molecule has 0 aromatic heterocycles. The van der Waals surface area contributed by atoms with E-state index in [4.69, 9.17) is 15.3 Å². The third-order valence-corrected chi connectivity index (χ3v) is 1.72. The third-order valence-electron chi connectivity index (χ3n) is 1.72. The highest BCUT2D eigenvalue weighted by Crippen LogP contribution is 1.94. The van der Waals surface area contributed by atoms with Crippen molar-refractivity contribution < 1.29 is 29.0 Å². The minimum atomic E-state index is -0.944. The fraction of sp³-hybridized carbons (Fsp3) is 0.429. The van der Waals surface area contributed by atoms with Crippen molar-refractivity contribution in [2.24, 2.45) is 4.99 Å². The number of nitrogens with zero attached hydrogens (tertiary/aromatic N) is 1. The number of carbonyl (C=O) groups is 2. The Morgan fingerprint density at radius 1 is 1.36 bits per heavy atom. The number of ether oxygens (including phenoxy) is 1. The summed E-state index contributed by atoms with van der Waals surface area (Å²) in [5, 5.41) is 13.8. The molecule has 0 saturated carbocycles. The van der Waals surface area contributed by atoms with Gasteiger partial charge in [0.1, 0.15) is 0 Å². The van der Waals surface area contributed by atoms with Gasteiger partial charge < -0.3 is 9.84 Å². The Kier molecular flexibility index (Phi) is 20.0. The molecule has 0 aliphatic heterocycles. The first kappa shape index (κ1) is 24.2. The van der Waals surface area contributed by atoms with Crippen LogP contribution in [-0.2, 0) is 23.9 Å². The Hall–Kier alpha value is -2.82. The van der Waals surface area contributed by atoms with E-state index in [2.05, 4.69) is 16.3 Å². The van der Waals surface area contributed by atoms with E-state index in [9.17, 15) is 14.4 Å². The molecule has 0 fully saturated rings. The molecule has 0 bridgehead atoms. The first-order valence-corrected chi connectivity index (χ1v) is 6.08. The van der Waals surface area contributed by atoms with Crippen LogP contribution in [0.25, 0.3) is 0 Å². The van der Waals surface area contributed by atoms with Crippen LogP contribution in [0.3, 0.4) is 0 Å². The summed E-state index contributed by atoms with van der Waals surface area (Å²) in [7, 11) is 0. The van der Waals surface area contributed by atoms with E-state index >= 15 is 0 Å². The lowest BCUT2D eigenvalue weighted by atomic mass is 10.2. The van der Waals surface area contributed by atoms with Gasteiger partial charge in [0, 0.05) is 11.1 Å². The lowest BCUT2D eigenvalue weighted by Crippen LogP contribution is -2.03. The third kappa shape index (κ3) is 22.4. The van der Waals surface area contributed by atoms with Crippen molar-refractivity contribution in [3.05, 3.63) is 23.8 Å². The summed E-state index contributed by atoms with van der Waals surface area (Å²) < 4.78 is 4.56. The SMILES string of the molecule is C=C(C)C(=O)OCC.CC(=CCCN=C=O)C(=O)O.N=C=O. The molecule has 122 valence electrons. The van der Waals surface area contributed by atoms with Gasteiger partial charge >= 0.3 is 11.9 Å². The molecule has 0 aliphatic carbocycles. The lowest BCUT2D eigenvalue weighted by molar-refractivity contribution is -0.138. The van der Waals surface area contributed by atoms with E-state index in [-0.39, 0.29) is 11.5 Å². The van der Waals surface area contributed by atoms with Gasteiger partial charge in [-0.05, 0) is 27.2 Å². The van der Waals surface area contributed by atoms with Crippen LogP contribution in [-0.4, -0.2) is 42.4 Å². The van der Waals surface area contributed by atoms with E-state index in [0.717, 1.165) is 6.08 Å². The summed E-state index contributed by atoms with van der Waals surface area (Å²) in [6.07, 6.45) is 4.10. The minimum Gasteiger partial charge on any atom is -0.478 e. The van der Waals surface area contributed by atoms with Gasteiger partial charge in [0.2, 0.25) is 12.2 Å². The number of carbonyl (C=O) groups excluding carboxylic acids is 3. The van der Waals surface area contributed by atoms with Crippen LogP contribution in [0.15, 0.2) is 28.8 Å².